The van der Waals surface area contributed by atoms with Crippen LogP contribution < -0.4 is 0 Å². The molecular formula is C25H47NO2S. The van der Waals surface area contributed by atoms with Gasteiger partial charge in [0.1, 0.15) is 0 Å². The zero-order valence-corrected chi connectivity index (χ0v) is 20.2. The van der Waals surface area contributed by atoms with Crippen molar-refractivity contribution < 1.29 is 9.59 Å². The summed E-state index contributed by atoms with van der Waals surface area (Å²) in [5, 5.41) is 0.627. The molecule has 170 valence electrons. The first-order chi connectivity index (χ1) is 14.1. The Bertz CT molecular complexity index is 411. The second-order valence-electron chi connectivity index (χ2n) is 8.86. The molecule has 1 unspecified atom stereocenters. The molecule has 1 aliphatic rings. The normalized spacial score (nSPS) is 15.9. The second-order valence-corrected chi connectivity index (χ2v) is 10.4. The maximum atomic E-state index is 11.8. The maximum absolute atomic E-state index is 11.8. The Hall–Kier alpha value is -0.510. The number of nitrogens with zero attached hydrogens (tertiary/aromatic N) is 1. The summed E-state index contributed by atoms with van der Waals surface area (Å²) in [4.78, 5) is 25.1. The number of hydrogen-bond acceptors (Lipinski definition) is 3. The summed E-state index contributed by atoms with van der Waals surface area (Å²) in [7, 11) is 0. The van der Waals surface area contributed by atoms with Gasteiger partial charge in [-0.1, -0.05) is 104 Å². The lowest BCUT2D eigenvalue weighted by Crippen LogP contribution is -2.41. The summed E-state index contributed by atoms with van der Waals surface area (Å²) < 4.78 is 0. The van der Waals surface area contributed by atoms with E-state index in [0.29, 0.717) is 24.6 Å². The molecule has 1 fully saturated rings. The van der Waals surface area contributed by atoms with Crippen LogP contribution in [0.1, 0.15) is 129 Å². The van der Waals surface area contributed by atoms with Crippen molar-refractivity contribution in [2.24, 2.45) is 0 Å². The number of thioether (sulfide) groups is 1. The minimum absolute atomic E-state index is 0.0291. The predicted octanol–water partition coefficient (Wildman–Crippen LogP) is 7.52. The first-order valence-electron chi connectivity index (χ1n) is 12.6. The predicted molar refractivity (Wildman–Crippen MR) is 127 cm³/mol. The summed E-state index contributed by atoms with van der Waals surface area (Å²) in [6, 6.07) is 0. The molecule has 0 aromatic rings. The summed E-state index contributed by atoms with van der Waals surface area (Å²) in [6.07, 6.45) is 22.8. The number of carbonyl (C=O) groups excluding carboxylic acids is 2. The zero-order chi connectivity index (χ0) is 21.2. The van der Waals surface area contributed by atoms with Gasteiger partial charge in [0.25, 0.3) is 0 Å². The molecular weight excluding hydrogens is 378 g/mol. The monoisotopic (exact) mass is 425 g/mol. The quantitative estimate of drug-likeness (QED) is 0.159. The molecule has 0 aromatic carbocycles. The van der Waals surface area contributed by atoms with Crippen molar-refractivity contribution in [2.75, 3.05) is 12.3 Å². The van der Waals surface area contributed by atoms with Crippen molar-refractivity contribution in [1.82, 2.24) is 4.90 Å². The van der Waals surface area contributed by atoms with Crippen LogP contribution in [0.5, 0.6) is 0 Å². The molecule has 3 nitrogen and oxygen atoms in total. The first kappa shape index (κ1) is 26.5. The van der Waals surface area contributed by atoms with E-state index in [2.05, 4.69) is 13.8 Å². The summed E-state index contributed by atoms with van der Waals surface area (Å²) in [6.45, 7) is 5.17. The van der Waals surface area contributed by atoms with Crippen LogP contribution in [0.4, 0.5) is 0 Å². The molecule has 0 N–H and O–H groups in total. The Morgan fingerprint density at radius 3 is 1.69 bits per heavy atom. The van der Waals surface area contributed by atoms with Crippen LogP contribution in [0.25, 0.3) is 0 Å². The van der Waals surface area contributed by atoms with Crippen LogP contribution in [0.2, 0.25) is 0 Å². The van der Waals surface area contributed by atoms with Gasteiger partial charge >= 0.3 is 0 Å². The van der Waals surface area contributed by atoms with Crippen LogP contribution >= 0.6 is 11.8 Å². The van der Waals surface area contributed by atoms with E-state index in [-0.39, 0.29) is 11.8 Å². The smallest absolute Gasteiger partial charge is 0.229 e. The Labute approximate surface area is 185 Å². The number of imide groups is 1. The second kappa shape index (κ2) is 18.3. The lowest BCUT2D eigenvalue weighted by molar-refractivity contribution is -0.147. The summed E-state index contributed by atoms with van der Waals surface area (Å²) in [5.74, 6) is 0.944. The molecule has 1 rings (SSSR count). The van der Waals surface area contributed by atoms with E-state index in [1.807, 2.05) is 11.8 Å². The van der Waals surface area contributed by atoms with Crippen molar-refractivity contribution in [3.8, 4) is 0 Å². The average Bonchev–Trinajstić information content (AvgIpc) is 2.70. The topological polar surface area (TPSA) is 37.4 Å². The minimum atomic E-state index is 0.0291. The Morgan fingerprint density at radius 1 is 0.759 bits per heavy atom. The van der Waals surface area contributed by atoms with Crippen molar-refractivity contribution >= 4 is 23.6 Å². The van der Waals surface area contributed by atoms with Crippen LogP contribution in [0, 0.1) is 0 Å². The highest BCUT2D eigenvalue weighted by molar-refractivity contribution is 7.99. The number of carbonyl (C=O) groups is 2. The van der Waals surface area contributed by atoms with E-state index in [0.717, 1.165) is 12.2 Å². The standard InChI is InChI=1S/C25H47NO2S/c1-3-4-5-6-7-8-9-10-11-12-13-14-15-16-18-23(2)29-22-21-26-24(27)19-17-20-25(26)28/h23H,3-22H2,1-2H3. The fourth-order valence-electron chi connectivity index (χ4n) is 4.10. The third-order valence-electron chi connectivity index (χ3n) is 6.06. The summed E-state index contributed by atoms with van der Waals surface area (Å²) in [5.41, 5.74) is 0. The lowest BCUT2D eigenvalue weighted by atomic mass is 10.0. The number of rotatable bonds is 19. The lowest BCUT2D eigenvalue weighted by Gasteiger charge is -2.25. The highest BCUT2D eigenvalue weighted by Gasteiger charge is 2.25. The highest BCUT2D eigenvalue weighted by atomic mass is 32.2. The van der Waals surface area contributed by atoms with E-state index in [1.165, 1.54) is 101 Å². The molecule has 4 heteroatoms. The van der Waals surface area contributed by atoms with Crippen LogP contribution in [0.3, 0.4) is 0 Å². The van der Waals surface area contributed by atoms with Gasteiger partial charge in [0.05, 0.1) is 0 Å². The van der Waals surface area contributed by atoms with Gasteiger partial charge in [-0.25, -0.2) is 0 Å². The molecule has 1 aliphatic heterocycles. The van der Waals surface area contributed by atoms with Gasteiger partial charge in [-0.05, 0) is 12.8 Å². The van der Waals surface area contributed by atoms with Crippen molar-refractivity contribution in [3.63, 3.8) is 0 Å². The molecule has 0 radical (unpaired) electrons. The highest BCUT2D eigenvalue weighted by Crippen LogP contribution is 2.20. The molecule has 29 heavy (non-hydrogen) atoms. The van der Waals surface area contributed by atoms with Crippen LogP contribution in [-0.2, 0) is 9.59 Å². The van der Waals surface area contributed by atoms with E-state index in [9.17, 15) is 9.59 Å². The van der Waals surface area contributed by atoms with Crippen molar-refractivity contribution in [3.05, 3.63) is 0 Å². The zero-order valence-electron chi connectivity index (χ0n) is 19.4. The fraction of sp³-hybridized carbons (Fsp3) is 0.920. The van der Waals surface area contributed by atoms with Gasteiger partial charge in [0.15, 0.2) is 0 Å². The third-order valence-corrected chi connectivity index (χ3v) is 7.29. The maximum Gasteiger partial charge on any atom is 0.229 e. The van der Waals surface area contributed by atoms with Crippen molar-refractivity contribution in [2.45, 2.75) is 135 Å². The number of unbranched alkanes of at least 4 members (excludes halogenated alkanes) is 13. The van der Waals surface area contributed by atoms with Crippen LogP contribution in [-0.4, -0.2) is 34.3 Å². The molecule has 0 spiro atoms. The number of piperidine rings is 1. The largest absolute Gasteiger partial charge is 0.282 e. The van der Waals surface area contributed by atoms with Crippen LogP contribution in [0.15, 0.2) is 0 Å². The average molecular weight is 426 g/mol. The molecule has 0 saturated carbocycles. The summed E-state index contributed by atoms with van der Waals surface area (Å²) >= 11 is 1.91. The third kappa shape index (κ3) is 14.2. The molecule has 2 amide bonds. The van der Waals surface area contributed by atoms with Gasteiger partial charge in [0, 0.05) is 30.4 Å². The first-order valence-corrected chi connectivity index (χ1v) is 13.6. The minimum Gasteiger partial charge on any atom is -0.282 e. The Morgan fingerprint density at radius 2 is 1.21 bits per heavy atom. The molecule has 0 aliphatic carbocycles. The molecule has 0 bridgehead atoms. The molecule has 0 aromatic heterocycles. The van der Waals surface area contributed by atoms with Crippen molar-refractivity contribution in [1.29, 1.82) is 0 Å². The molecule has 1 saturated heterocycles. The van der Waals surface area contributed by atoms with Gasteiger partial charge in [-0.15, -0.1) is 0 Å². The molecule has 1 atom stereocenters. The number of likely N-dealkylation sites (tertiary alicyclic amines) is 1. The SMILES string of the molecule is CCCCCCCCCCCCCCCCC(C)SCCN1C(=O)CCCC1=O. The number of amides is 2. The Balaban J connectivity index is 1.82. The fourth-order valence-corrected chi connectivity index (χ4v) is 5.13. The van der Waals surface area contributed by atoms with Gasteiger partial charge in [-0.3, -0.25) is 14.5 Å². The van der Waals surface area contributed by atoms with E-state index < -0.39 is 0 Å². The van der Waals surface area contributed by atoms with E-state index in [4.69, 9.17) is 0 Å². The van der Waals surface area contributed by atoms with Gasteiger partial charge < -0.3 is 0 Å². The van der Waals surface area contributed by atoms with E-state index in [1.54, 1.807) is 0 Å². The van der Waals surface area contributed by atoms with Gasteiger partial charge in [0.2, 0.25) is 11.8 Å². The number of hydrogen-bond donors (Lipinski definition) is 0. The molecule has 1 heterocycles. The van der Waals surface area contributed by atoms with E-state index >= 15 is 0 Å². The van der Waals surface area contributed by atoms with Gasteiger partial charge in [-0.2, -0.15) is 11.8 Å². The Kier molecular flexibility index (Phi) is 16.7.